The highest BCUT2D eigenvalue weighted by Gasteiger charge is 2.18. The molecule has 1 N–H and O–H groups in total. The molecule has 1 heterocycles. The van der Waals surface area contributed by atoms with Crippen molar-refractivity contribution in [3.05, 3.63) is 35.6 Å². The predicted octanol–water partition coefficient (Wildman–Crippen LogP) is 3.08. The zero-order valence-corrected chi connectivity index (χ0v) is 12.0. The van der Waals surface area contributed by atoms with Crippen LogP contribution in [0.4, 0.5) is 9.52 Å². The highest BCUT2D eigenvalue weighted by atomic mass is 32.2. The number of hydrogen-bond donors (Lipinski definition) is 1. The molecule has 1 aromatic heterocycles. The fourth-order valence-electron chi connectivity index (χ4n) is 1.41. The average Bonchev–Trinajstić information content (AvgIpc) is 2.86. The zero-order valence-electron chi connectivity index (χ0n) is 10.4. The SMILES string of the molecule is CNc1nnc(SC(C)C(=O)c2ccc(F)cc2)s1. The van der Waals surface area contributed by atoms with Gasteiger partial charge < -0.3 is 5.32 Å². The second kappa shape index (κ2) is 6.12. The largest absolute Gasteiger partial charge is 0.363 e. The molecule has 2 rings (SSSR count). The lowest BCUT2D eigenvalue weighted by Gasteiger charge is -2.07. The molecule has 19 heavy (non-hydrogen) atoms. The third-order valence-corrected chi connectivity index (χ3v) is 4.52. The fourth-order valence-corrected chi connectivity index (χ4v) is 3.34. The molecule has 0 bridgehead atoms. The van der Waals surface area contributed by atoms with E-state index in [1.54, 1.807) is 14.0 Å². The van der Waals surface area contributed by atoms with Crippen LogP contribution in [-0.4, -0.2) is 28.3 Å². The average molecular weight is 297 g/mol. The Morgan fingerprint density at radius 1 is 1.37 bits per heavy atom. The molecule has 0 aliphatic carbocycles. The minimum atomic E-state index is -0.348. The van der Waals surface area contributed by atoms with Gasteiger partial charge >= 0.3 is 0 Å². The predicted molar refractivity (Wildman–Crippen MR) is 75.5 cm³/mol. The Bertz CT molecular complexity index is 571. The molecule has 0 radical (unpaired) electrons. The summed E-state index contributed by atoms with van der Waals surface area (Å²) in [4.78, 5) is 12.1. The molecule has 1 unspecified atom stereocenters. The number of halogens is 1. The van der Waals surface area contributed by atoms with Crippen LogP contribution in [0.1, 0.15) is 17.3 Å². The van der Waals surface area contributed by atoms with Crippen LogP contribution in [-0.2, 0) is 0 Å². The monoisotopic (exact) mass is 297 g/mol. The molecule has 100 valence electrons. The summed E-state index contributed by atoms with van der Waals surface area (Å²) in [6.45, 7) is 1.80. The zero-order chi connectivity index (χ0) is 13.8. The second-order valence-corrected chi connectivity index (χ2v) is 6.32. The molecule has 1 atom stereocenters. The molecule has 0 aliphatic heterocycles. The Balaban J connectivity index is 2.04. The first-order valence-electron chi connectivity index (χ1n) is 5.58. The summed E-state index contributed by atoms with van der Waals surface area (Å²) in [6, 6.07) is 5.56. The van der Waals surface area contributed by atoms with E-state index >= 15 is 0 Å². The first-order chi connectivity index (χ1) is 9.10. The highest BCUT2D eigenvalue weighted by Crippen LogP contribution is 2.30. The maximum absolute atomic E-state index is 12.8. The van der Waals surface area contributed by atoms with E-state index in [1.165, 1.54) is 47.4 Å². The van der Waals surface area contributed by atoms with E-state index in [0.717, 1.165) is 4.34 Å². The lowest BCUT2D eigenvalue weighted by Crippen LogP contribution is -2.13. The summed E-state index contributed by atoms with van der Waals surface area (Å²) in [5.74, 6) is -0.397. The van der Waals surface area contributed by atoms with Crippen LogP contribution in [0.15, 0.2) is 28.6 Å². The molecule has 0 saturated carbocycles. The number of nitrogens with one attached hydrogen (secondary N) is 1. The van der Waals surface area contributed by atoms with Crippen LogP contribution < -0.4 is 5.32 Å². The number of anilines is 1. The van der Waals surface area contributed by atoms with Crippen LogP contribution in [0.5, 0.6) is 0 Å². The number of ketones is 1. The first kappa shape index (κ1) is 14.0. The Labute approximate surface area is 118 Å². The van der Waals surface area contributed by atoms with Gasteiger partial charge in [0.25, 0.3) is 0 Å². The van der Waals surface area contributed by atoms with Gasteiger partial charge in [-0.05, 0) is 31.2 Å². The van der Waals surface area contributed by atoms with Gasteiger partial charge in [0.15, 0.2) is 10.1 Å². The number of rotatable bonds is 5. The van der Waals surface area contributed by atoms with E-state index in [-0.39, 0.29) is 16.9 Å². The maximum Gasteiger partial charge on any atom is 0.206 e. The molecule has 0 amide bonds. The van der Waals surface area contributed by atoms with E-state index in [4.69, 9.17) is 0 Å². The lowest BCUT2D eigenvalue weighted by molar-refractivity contribution is 0.0994. The molecule has 0 fully saturated rings. The minimum Gasteiger partial charge on any atom is -0.363 e. The molecular formula is C12H12FN3OS2. The molecule has 0 aliphatic rings. The smallest absolute Gasteiger partial charge is 0.206 e. The third kappa shape index (κ3) is 3.51. The second-order valence-electron chi connectivity index (χ2n) is 3.75. The van der Waals surface area contributed by atoms with E-state index in [0.29, 0.717) is 10.7 Å². The number of nitrogens with zero attached hydrogens (tertiary/aromatic N) is 2. The number of hydrogen-bond acceptors (Lipinski definition) is 6. The van der Waals surface area contributed by atoms with Crippen LogP contribution in [0.25, 0.3) is 0 Å². The quantitative estimate of drug-likeness (QED) is 0.679. The lowest BCUT2D eigenvalue weighted by atomic mass is 10.1. The summed E-state index contributed by atoms with van der Waals surface area (Å²) in [5.41, 5.74) is 0.500. The topological polar surface area (TPSA) is 54.9 Å². The van der Waals surface area contributed by atoms with Crippen molar-refractivity contribution >= 4 is 34.0 Å². The van der Waals surface area contributed by atoms with Gasteiger partial charge in [0.2, 0.25) is 5.13 Å². The van der Waals surface area contributed by atoms with Gasteiger partial charge in [-0.1, -0.05) is 23.1 Å². The van der Waals surface area contributed by atoms with Crippen molar-refractivity contribution in [2.45, 2.75) is 16.5 Å². The summed E-state index contributed by atoms with van der Waals surface area (Å²) < 4.78 is 13.5. The molecule has 0 spiro atoms. The molecule has 7 heteroatoms. The Kier molecular flexibility index (Phi) is 4.49. The van der Waals surface area contributed by atoms with Gasteiger partial charge in [0.05, 0.1) is 5.25 Å². The van der Waals surface area contributed by atoms with Gasteiger partial charge in [-0.2, -0.15) is 0 Å². The minimum absolute atomic E-state index is 0.0498. The van der Waals surface area contributed by atoms with Crippen LogP contribution >= 0.6 is 23.1 Å². The van der Waals surface area contributed by atoms with E-state index in [2.05, 4.69) is 15.5 Å². The highest BCUT2D eigenvalue weighted by molar-refractivity contribution is 8.02. The number of Topliss-reactive ketones (excluding diaryl/α,β-unsaturated/α-hetero) is 1. The normalized spacial score (nSPS) is 12.2. The van der Waals surface area contributed by atoms with Gasteiger partial charge in [-0.3, -0.25) is 4.79 Å². The van der Waals surface area contributed by atoms with Gasteiger partial charge in [0, 0.05) is 12.6 Å². The van der Waals surface area contributed by atoms with Gasteiger partial charge in [-0.15, -0.1) is 10.2 Å². The van der Waals surface area contributed by atoms with E-state index in [9.17, 15) is 9.18 Å². The van der Waals surface area contributed by atoms with Crippen molar-refractivity contribution in [2.75, 3.05) is 12.4 Å². The fraction of sp³-hybridized carbons (Fsp3) is 0.250. The van der Waals surface area contributed by atoms with Crippen molar-refractivity contribution in [3.63, 3.8) is 0 Å². The Morgan fingerprint density at radius 3 is 2.63 bits per heavy atom. The standard InChI is InChI=1S/C12H12FN3OS2/c1-7(18-12-16-15-11(14-2)19-12)10(17)8-3-5-9(13)6-4-8/h3-7H,1-2H3,(H,14,15). The van der Waals surface area contributed by atoms with Crippen molar-refractivity contribution in [3.8, 4) is 0 Å². The maximum atomic E-state index is 12.8. The Hall–Kier alpha value is -1.47. The van der Waals surface area contributed by atoms with Gasteiger partial charge in [-0.25, -0.2) is 4.39 Å². The van der Waals surface area contributed by atoms with Gasteiger partial charge in [0.1, 0.15) is 5.82 Å². The molecule has 0 saturated heterocycles. The van der Waals surface area contributed by atoms with Crippen LogP contribution in [0.3, 0.4) is 0 Å². The van der Waals surface area contributed by atoms with Crippen molar-refractivity contribution in [1.29, 1.82) is 0 Å². The van der Waals surface area contributed by atoms with Crippen LogP contribution in [0.2, 0.25) is 0 Å². The van der Waals surface area contributed by atoms with Crippen molar-refractivity contribution in [2.24, 2.45) is 0 Å². The first-order valence-corrected chi connectivity index (χ1v) is 7.27. The Morgan fingerprint density at radius 2 is 2.05 bits per heavy atom. The number of carbonyl (C=O) groups is 1. The van der Waals surface area contributed by atoms with Crippen molar-refractivity contribution in [1.82, 2.24) is 10.2 Å². The van der Waals surface area contributed by atoms with E-state index < -0.39 is 0 Å². The van der Waals surface area contributed by atoms with E-state index in [1.807, 2.05) is 0 Å². The van der Waals surface area contributed by atoms with Crippen molar-refractivity contribution < 1.29 is 9.18 Å². The molecule has 4 nitrogen and oxygen atoms in total. The number of aromatic nitrogens is 2. The summed E-state index contributed by atoms with van der Waals surface area (Å²) in [6.07, 6.45) is 0. The molecular weight excluding hydrogens is 285 g/mol. The number of benzene rings is 1. The summed E-state index contributed by atoms with van der Waals surface area (Å²) >= 11 is 2.74. The third-order valence-electron chi connectivity index (χ3n) is 2.40. The molecule has 2 aromatic rings. The number of carbonyl (C=O) groups excluding carboxylic acids is 1. The molecule has 1 aromatic carbocycles. The van der Waals surface area contributed by atoms with Crippen LogP contribution in [0, 0.1) is 5.82 Å². The summed E-state index contributed by atoms with van der Waals surface area (Å²) in [7, 11) is 1.77. The summed E-state index contributed by atoms with van der Waals surface area (Å²) in [5, 5.41) is 11.2. The number of thioether (sulfide) groups is 1.